The van der Waals surface area contributed by atoms with Crippen molar-refractivity contribution in [1.82, 2.24) is 4.57 Å². The molecular formula is C16H19NO2. The largest absolute Gasteiger partial charge is 0.477 e. The van der Waals surface area contributed by atoms with E-state index in [9.17, 15) is 9.90 Å². The molecule has 2 rings (SSSR count). The average molecular weight is 257 g/mol. The van der Waals surface area contributed by atoms with E-state index in [1.165, 1.54) is 5.56 Å². The van der Waals surface area contributed by atoms with E-state index in [0.29, 0.717) is 12.2 Å². The van der Waals surface area contributed by atoms with Gasteiger partial charge in [0.25, 0.3) is 0 Å². The first kappa shape index (κ1) is 13.4. The van der Waals surface area contributed by atoms with Crippen LogP contribution in [0.15, 0.2) is 30.3 Å². The number of nitrogens with zero attached hydrogens (tertiary/aromatic N) is 1. The van der Waals surface area contributed by atoms with E-state index in [1.807, 2.05) is 43.5 Å². The molecule has 0 spiro atoms. The molecule has 0 atom stereocenters. The summed E-state index contributed by atoms with van der Waals surface area (Å²) >= 11 is 0. The van der Waals surface area contributed by atoms with Crippen LogP contribution in [0.2, 0.25) is 0 Å². The summed E-state index contributed by atoms with van der Waals surface area (Å²) in [6, 6.07) is 10.2. The van der Waals surface area contributed by atoms with Gasteiger partial charge in [0.15, 0.2) is 0 Å². The number of aromatic carboxylic acids is 1. The Morgan fingerprint density at radius 1 is 1.21 bits per heavy atom. The average Bonchev–Trinajstić information content (AvgIpc) is 2.69. The van der Waals surface area contributed by atoms with Crippen LogP contribution in [-0.4, -0.2) is 15.6 Å². The van der Waals surface area contributed by atoms with Gasteiger partial charge in [-0.25, -0.2) is 4.79 Å². The summed E-state index contributed by atoms with van der Waals surface area (Å²) in [5.74, 6) is -0.850. The minimum Gasteiger partial charge on any atom is -0.477 e. The van der Waals surface area contributed by atoms with Gasteiger partial charge < -0.3 is 9.67 Å². The summed E-state index contributed by atoms with van der Waals surface area (Å²) < 4.78 is 1.88. The maximum atomic E-state index is 11.4. The summed E-state index contributed by atoms with van der Waals surface area (Å²) in [5.41, 5.74) is 4.64. The molecule has 2 aromatic rings. The zero-order valence-corrected chi connectivity index (χ0v) is 11.6. The molecule has 1 aromatic carbocycles. The zero-order chi connectivity index (χ0) is 14.0. The fraction of sp³-hybridized carbons (Fsp3) is 0.312. The SMILES string of the molecule is CCc1cc(C)n(Cc2ccc(C)cc2)c1C(=O)O. The maximum absolute atomic E-state index is 11.4. The first-order valence-corrected chi connectivity index (χ1v) is 6.50. The highest BCUT2D eigenvalue weighted by Gasteiger charge is 2.17. The number of carbonyl (C=O) groups is 1. The molecule has 0 aliphatic carbocycles. The quantitative estimate of drug-likeness (QED) is 0.912. The van der Waals surface area contributed by atoms with Crippen LogP contribution in [-0.2, 0) is 13.0 Å². The molecule has 19 heavy (non-hydrogen) atoms. The molecule has 0 aliphatic heterocycles. The Hall–Kier alpha value is -2.03. The van der Waals surface area contributed by atoms with E-state index in [2.05, 4.69) is 12.1 Å². The van der Waals surface area contributed by atoms with E-state index >= 15 is 0 Å². The van der Waals surface area contributed by atoms with Gasteiger partial charge in [0.1, 0.15) is 5.69 Å². The molecule has 0 aliphatic rings. The van der Waals surface area contributed by atoms with Gasteiger partial charge in [-0.05, 0) is 37.5 Å². The van der Waals surface area contributed by atoms with E-state index < -0.39 is 5.97 Å². The lowest BCUT2D eigenvalue weighted by atomic mass is 10.1. The lowest BCUT2D eigenvalue weighted by molar-refractivity contribution is 0.0684. The minimum atomic E-state index is -0.850. The Balaban J connectivity index is 2.41. The molecule has 1 aromatic heterocycles. The fourth-order valence-electron chi connectivity index (χ4n) is 2.35. The monoisotopic (exact) mass is 257 g/mol. The Morgan fingerprint density at radius 3 is 2.37 bits per heavy atom. The van der Waals surface area contributed by atoms with Crippen molar-refractivity contribution in [3.05, 3.63) is 58.4 Å². The molecule has 0 saturated heterocycles. The highest BCUT2D eigenvalue weighted by Crippen LogP contribution is 2.19. The Morgan fingerprint density at radius 2 is 1.84 bits per heavy atom. The molecule has 0 fully saturated rings. The zero-order valence-electron chi connectivity index (χ0n) is 11.6. The molecule has 1 N–H and O–H groups in total. The fourth-order valence-corrected chi connectivity index (χ4v) is 2.35. The van der Waals surface area contributed by atoms with Crippen molar-refractivity contribution in [3.63, 3.8) is 0 Å². The van der Waals surface area contributed by atoms with Crippen LogP contribution in [0.25, 0.3) is 0 Å². The predicted octanol–water partition coefficient (Wildman–Crippen LogP) is 3.41. The van der Waals surface area contributed by atoms with Crippen molar-refractivity contribution >= 4 is 5.97 Å². The second-order valence-electron chi connectivity index (χ2n) is 4.89. The van der Waals surface area contributed by atoms with Crippen molar-refractivity contribution in [2.45, 2.75) is 33.7 Å². The second kappa shape index (κ2) is 5.31. The normalized spacial score (nSPS) is 10.7. The molecule has 0 saturated carbocycles. The third kappa shape index (κ3) is 2.70. The summed E-state index contributed by atoms with van der Waals surface area (Å²) in [4.78, 5) is 11.4. The predicted molar refractivity (Wildman–Crippen MR) is 75.8 cm³/mol. The van der Waals surface area contributed by atoms with Crippen molar-refractivity contribution in [2.75, 3.05) is 0 Å². The molecule has 0 amide bonds. The van der Waals surface area contributed by atoms with Crippen LogP contribution in [0.4, 0.5) is 0 Å². The standard InChI is InChI=1S/C16H19NO2/c1-4-14-9-12(3)17(15(14)16(18)19)10-13-7-5-11(2)6-8-13/h5-9H,4,10H2,1-3H3,(H,18,19). The molecule has 0 bridgehead atoms. The van der Waals surface area contributed by atoms with Gasteiger partial charge in [-0.1, -0.05) is 36.8 Å². The number of benzene rings is 1. The summed E-state index contributed by atoms with van der Waals surface area (Å²) in [5, 5.41) is 9.39. The highest BCUT2D eigenvalue weighted by molar-refractivity contribution is 5.88. The van der Waals surface area contributed by atoms with E-state index in [4.69, 9.17) is 0 Å². The number of carboxylic acids is 1. The molecule has 1 heterocycles. The van der Waals surface area contributed by atoms with E-state index in [0.717, 1.165) is 23.2 Å². The third-order valence-corrected chi connectivity index (χ3v) is 3.43. The van der Waals surface area contributed by atoms with Gasteiger partial charge in [-0.3, -0.25) is 0 Å². The van der Waals surface area contributed by atoms with Crippen LogP contribution >= 0.6 is 0 Å². The Kier molecular flexibility index (Phi) is 3.74. The van der Waals surface area contributed by atoms with Gasteiger partial charge in [-0.2, -0.15) is 0 Å². The molecule has 3 heteroatoms. The van der Waals surface area contributed by atoms with Crippen LogP contribution in [0.3, 0.4) is 0 Å². The van der Waals surface area contributed by atoms with Gasteiger partial charge in [0, 0.05) is 12.2 Å². The van der Waals surface area contributed by atoms with Crippen LogP contribution in [0.1, 0.15) is 39.8 Å². The summed E-state index contributed by atoms with van der Waals surface area (Å²) in [7, 11) is 0. The van der Waals surface area contributed by atoms with Gasteiger partial charge in [-0.15, -0.1) is 0 Å². The smallest absolute Gasteiger partial charge is 0.352 e. The first-order chi connectivity index (χ1) is 9.02. The van der Waals surface area contributed by atoms with Gasteiger partial charge >= 0.3 is 5.97 Å². The van der Waals surface area contributed by atoms with Crippen molar-refractivity contribution in [1.29, 1.82) is 0 Å². The highest BCUT2D eigenvalue weighted by atomic mass is 16.4. The number of rotatable bonds is 4. The maximum Gasteiger partial charge on any atom is 0.352 e. The number of hydrogen-bond acceptors (Lipinski definition) is 1. The van der Waals surface area contributed by atoms with Crippen LogP contribution < -0.4 is 0 Å². The number of carboxylic acid groups (broad SMARTS) is 1. The second-order valence-corrected chi connectivity index (χ2v) is 4.89. The topological polar surface area (TPSA) is 42.2 Å². The molecule has 0 unspecified atom stereocenters. The van der Waals surface area contributed by atoms with Crippen molar-refractivity contribution < 1.29 is 9.90 Å². The molecule has 3 nitrogen and oxygen atoms in total. The van der Waals surface area contributed by atoms with Crippen LogP contribution in [0, 0.1) is 13.8 Å². The first-order valence-electron chi connectivity index (χ1n) is 6.50. The third-order valence-electron chi connectivity index (χ3n) is 3.43. The number of aryl methyl sites for hydroxylation is 3. The lowest BCUT2D eigenvalue weighted by Crippen LogP contribution is -2.12. The minimum absolute atomic E-state index is 0.417. The van der Waals surface area contributed by atoms with Crippen LogP contribution in [0.5, 0.6) is 0 Å². The van der Waals surface area contributed by atoms with E-state index in [-0.39, 0.29) is 0 Å². The number of hydrogen-bond donors (Lipinski definition) is 1. The van der Waals surface area contributed by atoms with Crippen molar-refractivity contribution in [2.24, 2.45) is 0 Å². The van der Waals surface area contributed by atoms with Crippen molar-refractivity contribution in [3.8, 4) is 0 Å². The Bertz CT molecular complexity index is 594. The molecule has 100 valence electrons. The molecular weight excluding hydrogens is 238 g/mol. The lowest BCUT2D eigenvalue weighted by Gasteiger charge is -2.10. The van der Waals surface area contributed by atoms with E-state index in [1.54, 1.807) is 0 Å². The van der Waals surface area contributed by atoms with Gasteiger partial charge in [0.2, 0.25) is 0 Å². The summed E-state index contributed by atoms with van der Waals surface area (Å²) in [6.07, 6.45) is 0.739. The van der Waals surface area contributed by atoms with Gasteiger partial charge in [0.05, 0.1) is 0 Å². The Labute approximate surface area is 113 Å². The summed E-state index contributed by atoms with van der Waals surface area (Å²) in [6.45, 7) is 6.59. The molecule has 0 radical (unpaired) electrons. The number of aromatic nitrogens is 1.